The van der Waals surface area contributed by atoms with Crippen LogP contribution in [0.15, 0.2) is 78.7 Å². The zero-order valence-electron chi connectivity index (χ0n) is 21.0. The van der Waals surface area contributed by atoms with Gasteiger partial charge in [0.2, 0.25) is 5.95 Å². The molecule has 1 saturated heterocycles. The fourth-order valence-electron chi connectivity index (χ4n) is 3.72. The summed E-state index contributed by atoms with van der Waals surface area (Å²) in [6.07, 6.45) is -1.86. The van der Waals surface area contributed by atoms with Gasteiger partial charge in [0.05, 0.1) is 16.6 Å². The smallest absolute Gasteiger partial charge is 0.416 e. The van der Waals surface area contributed by atoms with Gasteiger partial charge >= 0.3 is 12.2 Å². The Kier molecular flexibility index (Phi) is 8.84. The Balaban J connectivity index is 1.30. The van der Waals surface area contributed by atoms with Crippen LogP contribution in [-0.4, -0.2) is 47.3 Å². The van der Waals surface area contributed by atoms with Crippen molar-refractivity contribution >= 4 is 34.6 Å². The van der Waals surface area contributed by atoms with E-state index in [9.17, 15) is 27.2 Å². The fourth-order valence-corrected chi connectivity index (χ4v) is 3.72. The van der Waals surface area contributed by atoms with E-state index in [-0.39, 0.29) is 5.91 Å². The molecule has 0 saturated carbocycles. The van der Waals surface area contributed by atoms with Gasteiger partial charge in [-0.25, -0.2) is 14.2 Å². The molecule has 1 aliphatic heterocycles. The van der Waals surface area contributed by atoms with E-state index >= 15 is 0 Å². The minimum atomic E-state index is -4.72. The van der Waals surface area contributed by atoms with E-state index in [1.807, 2.05) is 0 Å². The van der Waals surface area contributed by atoms with Crippen LogP contribution < -0.4 is 20.7 Å². The number of carbonyl (C=O) groups is 2. The summed E-state index contributed by atoms with van der Waals surface area (Å²) in [6.45, 7) is 2.99. The summed E-state index contributed by atoms with van der Waals surface area (Å²) in [6, 6.07) is 10.7. The molecule has 0 aliphatic carbocycles. The average molecular weight is 560 g/mol. The molecular weight excluding hydrogens is 534 g/mol. The minimum absolute atomic E-state index is 0.254. The number of amides is 3. The van der Waals surface area contributed by atoms with Crippen molar-refractivity contribution < 1.29 is 36.6 Å². The number of H-pyrrole nitrogens is 1. The first kappa shape index (κ1) is 28.4. The molecule has 3 amide bonds. The Hall–Kier alpha value is -4.65. The Morgan fingerprint density at radius 3 is 2.55 bits per heavy atom. The van der Waals surface area contributed by atoms with E-state index in [1.165, 1.54) is 0 Å². The number of benzene rings is 2. The second kappa shape index (κ2) is 12.5. The molecule has 13 heteroatoms. The van der Waals surface area contributed by atoms with Crippen LogP contribution in [0, 0.1) is 0 Å². The number of nitrogens with zero attached hydrogens (tertiary/aromatic N) is 1. The van der Waals surface area contributed by atoms with Gasteiger partial charge in [0, 0.05) is 24.9 Å². The van der Waals surface area contributed by atoms with Crippen molar-refractivity contribution in [3.63, 3.8) is 0 Å². The highest BCUT2D eigenvalue weighted by atomic mass is 19.4. The number of aromatic nitrogens is 2. The molecule has 0 bridgehead atoms. The lowest BCUT2D eigenvalue weighted by atomic mass is 10.2. The Morgan fingerprint density at radius 2 is 1.88 bits per heavy atom. The van der Waals surface area contributed by atoms with Gasteiger partial charge in [0.15, 0.2) is 0 Å². The number of carbonyl (C=O) groups excluding carboxylic acids is 2. The number of hydrogen-bond donors (Lipinski definition) is 4. The Morgan fingerprint density at radius 1 is 1.12 bits per heavy atom. The monoisotopic (exact) mass is 559 g/mol. The molecule has 40 heavy (non-hydrogen) atoms. The second-order valence-corrected chi connectivity index (χ2v) is 8.65. The molecule has 9 nitrogen and oxygen atoms in total. The number of rotatable bonds is 9. The van der Waals surface area contributed by atoms with Gasteiger partial charge in [0.1, 0.15) is 23.4 Å². The van der Waals surface area contributed by atoms with Crippen LogP contribution in [0.1, 0.15) is 12.8 Å². The molecule has 1 atom stereocenters. The first-order valence-corrected chi connectivity index (χ1v) is 12.1. The molecule has 3 aromatic rings. The summed E-state index contributed by atoms with van der Waals surface area (Å²) >= 11 is 0. The molecular formula is C27H25F4N5O4. The van der Waals surface area contributed by atoms with Crippen LogP contribution >= 0.6 is 0 Å². The lowest BCUT2D eigenvalue weighted by Gasteiger charge is -2.10. The number of ether oxygens (including phenoxy) is 2. The topological polar surface area (TPSA) is 117 Å². The van der Waals surface area contributed by atoms with Crippen molar-refractivity contribution in [2.45, 2.75) is 25.1 Å². The van der Waals surface area contributed by atoms with Crippen LogP contribution in [0.4, 0.5) is 34.0 Å². The molecule has 1 aliphatic rings. The maximum atomic E-state index is 13.0. The number of alkyl halides is 3. The highest BCUT2D eigenvalue weighted by molar-refractivity contribution is 5.94. The molecule has 1 aromatic heterocycles. The van der Waals surface area contributed by atoms with Crippen LogP contribution in [0.2, 0.25) is 0 Å². The summed E-state index contributed by atoms with van der Waals surface area (Å²) < 4.78 is 62.8. The van der Waals surface area contributed by atoms with Crippen LogP contribution in [0.25, 0.3) is 11.0 Å². The van der Waals surface area contributed by atoms with E-state index in [1.54, 1.807) is 42.5 Å². The molecule has 1 unspecified atom stereocenters. The van der Waals surface area contributed by atoms with Gasteiger partial charge in [-0.1, -0.05) is 12.7 Å². The van der Waals surface area contributed by atoms with E-state index in [2.05, 4.69) is 32.5 Å². The van der Waals surface area contributed by atoms with Crippen molar-refractivity contribution in [2.24, 2.45) is 0 Å². The third kappa shape index (κ3) is 7.93. The van der Waals surface area contributed by atoms with Crippen LogP contribution in [-0.2, 0) is 9.53 Å². The number of imidazole rings is 1. The number of nitrogens with one attached hydrogen (secondary N) is 4. The summed E-state index contributed by atoms with van der Waals surface area (Å²) in [7, 11) is 0. The normalized spacial score (nSPS) is 15.8. The number of halogens is 4. The summed E-state index contributed by atoms with van der Waals surface area (Å²) in [5.74, 6) is -0.0381. The minimum Gasteiger partial charge on any atom is -0.457 e. The van der Waals surface area contributed by atoms with E-state index in [4.69, 9.17) is 9.47 Å². The maximum Gasteiger partial charge on any atom is 0.416 e. The third-order valence-corrected chi connectivity index (χ3v) is 5.62. The zero-order valence-corrected chi connectivity index (χ0v) is 21.0. The number of aromatic amines is 1. The fraction of sp³-hybridized carbons (Fsp3) is 0.222. The molecule has 0 spiro atoms. The predicted molar refractivity (Wildman–Crippen MR) is 141 cm³/mol. The molecule has 2 aromatic carbocycles. The lowest BCUT2D eigenvalue weighted by Crippen LogP contribution is -2.29. The SMILES string of the molecule is C=C(F)/C=C\C(=C/CNC(=O)Nc1ccc(Oc2ccc3nc(NC(=O)C4CCCO4)[nH]c3c2)cc1)C(F)(F)F. The van der Waals surface area contributed by atoms with E-state index < -0.39 is 36.3 Å². The van der Waals surface area contributed by atoms with Gasteiger partial charge in [-0.2, -0.15) is 13.2 Å². The van der Waals surface area contributed by atoms with Gasteiger partial charge in [0.25, 0.3) is 5.91 Å². The molecule has 0 radical (unpaired) electrons. The molecule has 4 N–H and O–H groups in total. The Bertz CT molecular complexity index is 1440. The lowest BCUT2D eigenvalue weighted by molar-refractivity contribution is -0.124. The van der Waals surface area contributed by atoms with Gasteiger partial charge in [-0.3, -0.25) is 10.1 Å². The number of anilines is 2. The number of hydrogen-bond acceptors (Lipinski definition) is 5. The predicted octanol–water partition coefficient (Wildman–Crippen LogP) is 6.12. The first-order valence-electron chi connectivity index (χ1n) is 12.1. The first-order chi connectivity index (χ1) is 19.1. The van der Waals surface area contributed by atoms with E-state index in [0.717, 1.165) is 6.42 Å². The molecule has 1 fully saturated rings. The van der Waals surface area contributed by atoms with Crippen molar-refractivity contribution in [1.29, 1.82) is 0 Å². The highest BCUT2D eigenvalue weighted by Gasteiger charge is 2.31. The zero-order chi connectivity index (χ0) is 28.7. The molecule has 210 valence electrons. The second-order valence-electron chi connectivity index (χ2n) is 8.65. The third-order valence-electron chi connectivity index (χ3n) is 5.62. The highest BCUT2D eigenvalue weighted by Crippen LogP contribution is 2.28. The van der Waals surface area contributed by atoms with Crippen LogP contribution in [0.5, 0.6) is 11.5 Å². The Labute approximate surface area is 225 Å². The van der Waals surface area contributed by atoms with Gasteiger partial charge < -0.3 is 25.1 Å². The summed E-state index contributed by atoms with van der Waals surface area (Å²) in [4.78, 5) is 31.7. The summed E-state index contributed by atoms with van der Waals surface area (Å²) in [5, 5.41) is 7.48. The largest absolute Gasteiger partial charge is 0.457 e. The standard InChI is InChI=1S/C27H25F4N5O4/c1-16(28)4-5-17(27(29,30)31)12-13-32-26(38)33-18-6-8-19(9-7-18)40-20-10-11-21-22(15-20)35-25(34-21)36-24(37)23-3-2-14-39-23/h4-12,15,23H,1-3,13-14H2,(H2,32,33,38)(H2,34,35,36,37)/b5-4-,17-12+. The number of allylic oxidation sites excluding steroid dienone is 4. The van der Waals surface area contributed by atoms with Crippen molar-refractivity contribution in [3.8, 4) is 11.5 Å². The summed E-state index contributed by atoms with van der Waals surface area (Å²) in [5.41, 5.74) is 0.514. The van der Waals surface area contributed by atoms with E-state index in [0.29, 0.717) is 65.4 Å². The molecule has 4 rings (SSSR count). The van der Waals surface area contributed by atoms with Gasteiger partial charge in [-0.05, 0) is 61.4 Å². The van der Waals surface area contributed by atoms with Crippen molar-refractivity contribution in [3.05, 3.63) is 78.7 Å². The van der Waals surface area contributed by atoms with Crippen molar-refractivity contribution in [1.82, 2.24) is 15.3 Å². The van der Waals surface area contributed by atoms with Crippen LogP contribution in [0.3, 0.4) is 0 Å². The maximum absolute atomic E-state index is 13.0. The molecule has 2 heterocycles. The average Bonchev–Trinajstić information content (AvgIpc) is 3.56. The number of fused-ring (bicyclic) bond motifs is 1. The number of urea groups is 1. The van der Waals surface area contributed by atoms with Crippen molar-refractivity contribution in [2.75, 3.05) is 23.8 Å². The van der Waals surface area contributed by atoms with Gasteiger partial charge in [-0.15, -0.1) is 0 Å². The quantitative estimate of drug-likeness (QED) is 0.186.